The Balaban J connectivity index is 2.16. The molecular formula is C15H15BrN4O2S. The van der Waals surface area contributed by atoms with Crippen molar-refractivity contribution < 1.29 is 8.42 Å². The van der Waals surface area contributed by atoms with E-state index < -0.39 is 10.0 Å². The third kappa shape index (κ3) is 2.91. The zero-order valence-corrected chi connectivity index (χ0v) is 14.9. The lowest BCUT2D eigenvalue weighted by Crippen LogP contribution is -2.14. The average molecular weight is 395 g/mol. The molecule has 0 aliphatic heterocycles. The van der Waals surface area contributed by atoms with Crippen molar-refractivity contribution in [2.24, 2.45) is 0 Å². The van der Waals surface area contributed by atoms with Crippen LogP contribution in [0.25, 0.3) is 10.8 Å². The Hall–Kier alpha value is -2.06. The van der Waals surface area contributed by atoms with E-state index >= 15 is 0 Å². The highest BCUT2D eigenvalue weighted by Crippen LogP contribution is 2.31. The lowest BCUT2D eigenvalue weighted by molar-refractivity contribution is 0.602. The van der Waals surface area contributed by atoms with Crippen molar-refractivity contribution in [3.63, 3.8) is 0 Å². The van der Waals surface area contributed by atoms with Gasteiger partial charge >= 0.3 is 0 Å². The van der Waals surface area contributed by atoms with E-state index in [2.05, 4.69) is 30.8 Å². The van der Waals surface area contributed by atoms with Gasteiger partial charge < -0.3 is 4.90 Å². The number of hydrogen-bond acceptors (Lipinski definition) is 4. The van der Waals surface area contributed by atoms with Crippen LogP contribution in [0.4, 0.5) is 11.5 Å². The summed E-state index contributed by atoms with van der Waals surface area (Å²) in [5.74, 6) is 0.297. The van der Waals surface area contributed by atoms with Gasteiger partial charge in [0.25, 0.3) is 10.0 Å². The van der Waals surface area contributed by atoms with Crippen molar-refractivity contribution in [2.75, 3.05) is 23.7 Å². The van der Waals surface area contributed by atoms with Crippen LogP contribution in [0.15, 0.2) is 52.0 Å². The van der Waals surface area contributed by atoms with Gasteiger partial charge in [0, 0.05) is 30.6 Å². The second-order valence-corrected chi connectivity index (χ2v) is 7.73. The van der Waals surface area contributed by atoms with Crippen LogP contribution >= 0.6 is 15.9 Å². The Labute approximate surface area is 142 Å². The minimum atomic E-state index is -3.74. The molecule has 0 atom stereocenters. The first kappa shape index (κ1) is 15.8. The normalized spacial score (nSPS) is 11.6. The van der Waals surface area contributed by atoms with Crippen LogP contribution < -0.4 is 9.62 Å². The highest BCUT2D eigenvalue weighted by molar-refractivity contribution is 9.10. The molecule has 8 heteroatoms. The standard InChI is InChI=1S/C15H15BrN4O2S/c1-20(2)13-7-3-6-11-10(13)5-4-8-14(11)23(21,22)19-15-12(16)9-17-18-15/h3-9H,1-2H3,(H2,17,18,19). The molecule has 2 aromatic carbocycles. The number of aromatic amines is 1. The van der Waals surface area contributed by atoms with Gasteiger partial charge in [-0.2, -0.15) is 5.10 Å². The summed E-state index contributed by atoms with van der Waals surface area (Å²) < 4.78 is 28.6. The molecular weight excluding hydrogens is 380 g/mol. The first-order valence-electron chi connectivity index (χ1n) is 6.81. The second kappa shape index (κ2) is 5.86. The van der Waals surface area contributed by atoms with Crippen molar-refractivity contribution in [2.45, 2.75) is 4.90 Å². The molecule has 0 unspecified atom stereocenters. The predicted octanol–water partition coefficient (Wildman–Crippen LogP) is 3.19. The van der Waals surface area contributed by atoms with E-state index in [9.17, 15) is 8.42 Å². The SMILES string of the molecule is CN(C)c1cccc2c(S(=O)(=O)Nc3[nH]ncc3Br)cccc12. The highest BCUT2D eigenvalue weighted by atomic mass is 79.9. The molecule has 0 aliphatic rings. The number of hydrogen-bond donors (Lipinski definition) is 2. The van der Waals surface area contributed by atoms with E-state index in [-0.39, 0.29) is 4.90 Å². The van der Waals surface area contributed by atoms with Crippen molar-refractivity contribution in [3.8, 4) is 0 Å². The fraction of sp³-hybridized carbons (Fsp3) is 0.133. The van der Waals surface area contributed by atoms with Gasteiger partial charge in [-0.3, -0.25) is 9.82 Å². The fourth-order valence-electron chi connectivity index (χ4n) is 2.42. The molecule has 0 spiro atoms. The molecule has 1 aromatic heterocycles. The first-order chi connectivity index (χ1) is 10.9. The van der Waals surface area contributed by atoms with Crippen LogP contribution in [-0.2, 0) is 10.0 Å². The van der Waals surface area contributed by atoms with E-state index in [1.54, 1.807) is 18.2 Å². The number of halogens is 1. The van der Waals surface area contributed by atoms with Crippen molar-refractivity contribution in [1.82, 2.24) is 10.2 Å². The minimum Gasteiger partial charge on any atom is -0.377 e. The monoisotopic (exact) mass is 394 g/mol. The molecule has 1 heterocycles. The maximum Gasteiger partial charge on any atom is 0.263 e. The highest BCUT2D eigenvalue weighted by Gasteiger charge is 2.20. The molecule has 0 saturated carbocycles. The topological polar surface area (TPSA) is 78.1 Å². The predicted molar refractivity (Wildman–Crippen MR) is 95.4 cm³/mol. The van der Waals surface area contributed by atoms with Crippen LogP contribution in [0.3, 0.4) is 0 Å². The van der Waals surface area contributed by atoms with E-state index in [1.165, 1.54) is 6.20 Å². The van der Waals surface area contributed by atoms with Crippen LogP contribution in [0.5, 0.6) is 0 Å². The van der Waals surface area contributed by atoms with Crippen molar-refractivity contribution >= 4 is 48.2 Å². The van der Waals surface area contributed by atoms with Crippen molar-refractivity contribution in [3.05, 3.63) is 47.1 Å². The van der Waals surface area contributed by atoms with Gasteiger partial charge in [-0.25, -0.2) is 8.42 Å². The number of anilines is 2. The third-order valence-corrected chi connectivity index (χ3v) is 5.47. The molecule has 0 bridgehead atoms. The van der Waals surface area contributed by atoms with E-state index in [0.717, 1.165) is 11.1 Å². The molecule has 23 heavy (non-hydrogen) atoms. The number of sulfonamides is 1. The molecule has 3 aromatic rings. The van der Waals surface area contributed by atoms with Crippen molar-refractivity contribution in [1.29, 1.82) is 0 Å². The van der Waals surface area contributed by atoms with E-state index in [0.29, 0.717) is 15.7 Å². The Bertz CT molecular complexity index is 967. The molecule has 0 amide bonds. The number of fused-ring (bicyclic) bond motifs is 1. The molecule has 2 N–H and O–H groups in total. The van der Waals surface area contributed by atoms with Crippen LogP contribution in [0, 0.1) is 0 Å². The zero-order valence-electron chi connectivity index (χ0n) is 12.5. The molecule has 0 fully saturated rings. The number of nitrogens with zero attached hydrogens (tertiary/aromatic N) is 2. The molecule has 120 valence electrons. The van der Waals surface area contributed by atoms with Crippen LogP contribution in [-0.4, -0.2) is 32.7 Å². The lowest BCUT2D eigenvalue weighted by atomic mass is 10.1. The molecule has 3 rings (SSSR count). The molecule has 0 radical (unpaired) electrons. The smallest absolute Gasteiger partial charge is 0.263 e. The Morgan fingerprint density at radius 1 is 1.13 bits per heavy atom. The van der Waals surface area contributed by atoms with Gasteiger partial charge in [-0.15, -0.1) is 0 Å². The number of nitrogens with one attached hydrogen (secondary N) is 2. The number of aromatic nitrogens is 2. The first-order valence-corrected chi connectivity index (χ1v) is 9.08. The number of H-pyrrole nitrogens is 1. The van der Waals surface area contributed by atoms with Gasteiger partial charge in [0.1, 0.15) is 5.82 Å². The molecule has 6 nitrogen and oxygen atoms in total. The second-order valence-electron chi connectivity index (χ2n) is 5.22. The average Bonchev–Trinajstić information content (AvgIpc) is 2.90. The Morgan fingerprint density at radius 3 is 2.48 bits per heavy atom. The third-order valence-electron chi connectivity index (χ3n) is 3.46. The fourth-order valence-corrected chi connectivity index (χ4v) is 4.10. The van der Waals surface area contributed by atoms with E-state index in [4.69, 9.17) is 0 Å². The summed E-state index contributed by atoms with van der Waals surface area (Å²) in [5.41, 5.74) is 0.960. The quantitative estimate of drug-likeness (QED) is 0.711. The van der Waals surface area contributed by atoms with Crippen LogP contribution in [0.2, 0.25) is 0 Å². The Kier molecular flexibility index (Phi) is 4.03. The summed E-state index contributed by atoms with van der Waals surface area (Å²) in [7, 11) is 0.108. The maximum atomic E-state index is 12.8. The van der Waals surface area contributed by atoms with Gasteiger partial charge in [-0.05, 0) is 28.1 Å². The van der Waals surface area contributed by atoms with Gasteiger partial charge in [-0.1, -0.05) is 24.3 Å². The van der Waals surface area contributed by atoms with Gasteiger partial charge in [0.15, 0.2) is 0 Å². The van der Waals surface area contributed by atoms with Gasteiger partial charge in [0.2, 0.25) is 0 Å². The molecule has 0 saturated heterocycles. The van der Waals surface area contributed by atoms with E-state index in [1.807, 2.05) is 37.2 Å². The maximum absolute atomic E-state index is 12.8. The lowest BCUT2D eigenvalue weighted by Gasteiger charge is -2.17. The molecule has 0 aliphatic carbocycles. The largest absolute Gasteiger partial charge is 0.377 e. The summed E-state index contributed by atoms with van der Waals surface area (Å²) in [5, 5.41) is 7.95. The zero-order chi connectivity index (χ0) is 16.6. The minimum absolute atomic E-state index is 0.222. The Morgan fingerprint density at radius 2 is 1.83 bits per heavy atom. The summed E-state index contributed by atoms with van der Waals surface area (Å²) in [6.07, 6.45) is 1.49. The number of rotatable bonds is 4. The number of benzene rings is 2. The van der Waals surface area contributed by atoms with Crippen LogP contribution in [0.1, 0.15) is 0 Å². The summed E-state index contributed by atoms with van der Waals surface area (Å²) in [6, 6.07) is 10.9. The summed E-state index contributed by atoms with van der Waals surface area (Å²) >= 11 is 3.24. The van der Waals surface area contributed by atoms with Gasteiger partial charge in [0.05, 0.1) is 15.6 Å². The summed E-state index contributed by atoms with van der Waals surface area (Å²) in [6.45, 7) is 0. The summed E-state index contributed by atoms with van der Waals surface area (Å²) in [4.78, 5) is 2.18.